The molecule has 0 radical (unpaired) electrons. The number of aliphatic hydroxyl groups is 1. The van der Waals surface area contributed by atoms with Gasteiger partial charge in [-0.2, -0.15) is 5.10 Å². The predicted octanol–water partition coefficient (Wildman–Crippen LogP) is -0.582. The van der Waals surface area contributed by atoms with E-state index < -0.39 is 22.8 Å². The summed E-state index contributed by atoms with van der Waals surface area (Å²) in [7, 11) is 0. The molecule has 0 saturated heterocycles. The fourth-order valence-electron chi connectivity index (χ4n) is 1.93. The van der Waals surface area contributed by atoms with Crippen LogP contribution in [0.4, 0.5) is 0 Å². The van der Waals surface area contributed by atoms with Crippen molar-refractivity contribution in [1.82, 2.24) is 0 Å². The molecule has 1 aliphatic carbocycles. The molecule has 0 fully saturated rings. The van der Waals surface area contributed by atoms with Crippen LogP contribution in [0.15, 0.2) is 34.5 Å². The molecule has 0 aromatic heterocycles. The smallest absolute Gasteiger partial charge is 0.151 e. The molecule has 2 atom stereocenters. The summed E-state index contributed by atoms with van der Waals surface area (Å²) < 4.78 is 0. The number of hydrogen-bond donors (Lipinski definition) is 2. The van der Waals surface area contributed by atoms with Gasteiger partial charge in [-0.15, -0.1) is 5.10 Å². The summed E-state index contributed by atoms with van der Waals surface area (Å²) in [5.41, 5.74) is -0.984. The lowest BCUT2D eigenvalue weighted by atomic mass is 9.97. The van der Waals surface area contributed by atoms with Crippen LogP contribution in [-0.4, -0.2) is 28.4 Å². The molecular formula is C13H19N3O4-2. The minimum absolute atomic E-state index is 0.135. The molecule has 1 rings (SSSR count). The number of hydrogen-bond acceptors (Lipinski definition) is 6. The fourth-order valence-corrected chi connectivity index (χ4v) is 1.93. The standard InChI is InChI=1S/C13H20N3O4/c1-3-8-13(2,18)9-12(17)15-14-10-6-4-5-7-11(10)16(19)20/h4-7,11,16,18H,3,8-9H2,1-2H3,(H,15,17)/q-1/p-1. The third kappa shape index (κ3) is 5.22. The Bertz CT molecular complexity index is 439. The van der Waals surface area contributed by atoms with Crippen molar-refractivity contribution in [3.63, 3.8) is 0 Å². The van der Waals surface area contributed by atoms with Crippen LogP contribution in [0.3, 0.4) is 0 Å². The molecule has 0 bridgehead atoms. The highest BCUT2D eigenvalue weighted by Gasteiger charge is 2.19. The maximum atomic E-state index is 11.6. The molecule has 0 aromatic carbocycles. The zero-order chi connectivity index (χ0) is 15.2. The normalized spacial score (nSPS) is 24.4. The van der Waals surface area contributed by atoms with Crippen molar-refractivity contribution in [3.8, 4) is 0 Å². The number of quaternary nitrogens is 1. The van der Waals surface area contributed by atoms with Gasteiger partial charge in [0.05, 0.1) is 5.60 Å². The monoisotopic (exact) mass is 281 g/mol. The molecule has 1 aliphatic rings. The summed E-state index contributed by atoms with van der Waals surface area (Å²) in [6, 6.07) is -1.01. The van der Waals surface area contributed by atoms with Crippen molar-refractivity contribution in [3.05, 3.63) is 34.7 Å². The van der Waals surface area contributed by atoms with Crippen LogP contribution in [-0.2, 0) is 0 Å². The Morgan fingerprint density at radius 3 is 2.75 bits per heavy atom. The summed E-state index contributed by atoms with van der Waals surface area (Å²) in [4.78, 5) is 0. The van der Waals surface area contributed by atoms with Gasteiger partial charge in [-0.05, 0) is 31.4 Å². The molecule has 0 aromatic rings. The highest BCUT2D eigenvalue weighted by Crippen LogP contribution is 2.16. The molecule has 2 unspecified atom stereocenters. The van der Waals surface area contributed by atoms with E-state index in [1.165, 1.54) is 12.2 Å². The minimum Gasteiger partial charge on any atom is -0.860 e. The van der Waals surface area contributed by atoms with E-state index in [1.54, 1.807) is 19.1 Å². The Morgan fingerprint density at radius 1 is 1.45 bits per heavy atom. The number of rotatable bonds is 6. The number of nitrogens with zero attached hydrogens (tertiary/aromatic N) is 2. The molecular weight excluding hydrogens is 262 g/mol. The van der Waals surface area contributed by atoms with Crippen LogP contribution in [0.2, 0.25) is 0 Å². The van der Waals surface area contributed by atoms with Crippen molar-refractivity contribution < 1.29 is 15.4 Å². The van der Waals surface area contributed by atoms with Crippen molar-refractivity contribution >= 4 is 11.6 Å². The topological polar surface area (TPSA) is 119 Å². The second-order valence-corrected chi connectivity index (χ2v) is 4.98. The first-order chi connectivity index (χ1) is 9.35. The van der Waals surface area contributed by atoms with Crippen molar-refractivity contribution in [1.29, 1.82) is 0 Å². The van der Waals surface area contributed by atoms with Crippen LogP contribution in [0.1, 0.15) is 33.1 Å². The lowest BCUT2D eigenvalue weighted by molar-refractivity contribution is -0.801. The van der Waals surface area contributed by atoms with E-state index in [-0.39, 0.29) is 12.1 Å². The average molecular weight is 281 g/mol. The minimum atomic E-state index is -1.30. The molecule has 0 aliphatic heterocycles. The maximum Gasteiger partial charge on any atom is 0.151 e. The molecule has 0 amide bonds. The molecule has 2 N–H and O–H groups in total. The second kappa shape index (κ2) is 7.30. The predicted molar refractivity (Wildman–Crippen MR) is 74.8 cm³/mol. The zero-order valence-electron chi connectivity index (χ0n) is 11.6. The zero-order valence-corrected chi connectivity index (χ0v) is 11.6. The molecule has 0 heterocycles. The largest absolute Gasteiger partial charge is 0.860 e. The van der Waals surface area contributed by atoms with Crippen molar-refractivity contribution in [2.24, 2.45) is 10.2 Å². The van der Waals surface area contributed by atoms with E-state index in [0.717, 1.165) is 6.42 Å². The molecule has 20 heavy (non-hydrogen) atoms. The van der Waals surface area contributed by atoms with E-state index in [2.05, 4.69) is 10.2 Å². The van der Waals surface area contributed by atoms with Crippen LogP contribution in [0, 0.1) is 10.4 Å². The van der Waals surface area contributed by atoms with Crippen molar-refractivity contribution in [2.75, 3.05) is 0 Å². The average Bonchev–Trinajstić information content (AvgIpc) is 2.35. The third-order valence-corrected chi connectivity index (χ3v) is 2.85. The van der Waals surface area contributed by atoms with Crippen LogP contribution in [0.5, 0.6) is 0 Å². The van der Waals surface area contributed by atoms with E-state index in [1.807, 2.05) is 6.92 Å². The van der Waals surface area contributed by atoms with Crippen molar-refractivity contribution in [2.45, 2.75) is 44.8 Å². The Labute approximate surface area is 117 Å². The van der Waals surface area contributed by atoms with Crippen LogP contribution < -0.4 is 10.3 Å². The maximum absolute atomic E-state index is 11.6. The van der Waals surface area contributed by atoms with Gasteiger partial charge in [-0.25, -0.2) is 0 Å². The van der Waals surface area contributed by atoms with Crippen LogP contribution in [0.25, 0.3) is 0 Å². The number of allylic oxidation sites excluding steroid dienone is 2. The summed E-state index contributed by atoms with van der Waals surface area (Å²) in [6.07, 6.45) is 7.11. The quantitative estimate of drug-likeness (QED) is 0.384. The molecule has 7 nitrogen and oxygen atoms in total. The SMILES string of the molecule is CCCC(C)(O)C/C([O-])=N/N=C1C=CC=CC1[NH+]([O-])[O-]. The van der Waals surface area contributed by atoms with Gasteiger partial charge in [0.2, 0.25) is 0 Å². The van der Waals surface area contributed by atoms with E-state index in [0.29, 0.717) is 6.42 Å². The number of hydroxylamine groups is 2. The Kier molecular flexibility index (Phi) is 6.03. The van der Waals surface area contributed by atoms with Gasteiger partial charge in [-0.3, -0.25) is 0 Å². The van der Waals surface area contributed by atoms with Gasteiger partial charge in [0.25, 0.3) is 0 Å². The Hall–Kier alpha value is -1.54. The van der Waals surface area contributed by atoms with Gasteiger partial charge >= 0.3 is 0 Å². The van der Waals surface area contributed by atoms with Gasteiger partial charge in [0, 0.05) is 6.42 Å². The summed E-state index contributed by atoms with van der Waals surface area (Å²) in [5, 5.41) is 49.1. The third-order valence-electron chi connectivity index (χ3n) is 2.85. The van der Waals surface area contributed by atoms with E-state index in [4.69, 9.17) is 0 Å². The van der Waals surface area contributed by atoms with Gasteiger partial charge in [-0.1, -0.05) is 25.5 Å². The van der Waals surface area contributed by atoms with Gasteiger partial charge in [0.1, 0.15) is 5.71 Å². The fraction of sp³-hybridized carbons (Fsp3) is 0.538. The van der Waals surface area contributed by atoms with Gasteiger partial charge in [0.15, 0.2) is 6.04 Å². The second-order valence-electron chi connectivity index (χ2n) is 4.98. The Balaban J connectivity index is 2.76. The lowest BCUT2D eigenvalue weighted by Crippen LogP contribution is -3.07. The highest BCUT2D eigenvalue weighted by atomic mass is 16.8. The summed E-state index contributed by atoms with van der Waals surface area (Å²) >= 11 is 0. The van der Waals surface area contributed by atoms with E-state index in [9.17, 15) is 20.6 Å². The highest BCUT2D eigenvalue weighted by molar-refractivity contribution is 6.01. The summed E-state index contributed by atoms with van der Waals surface area (Å²) in [6.45, 7) is 3.46. The first-order valence-corrected chi connectivity index (χ1v) is 6.45. The summed E-state index contributed by atoms with van der Waals surface area (Å²) in [5.74, 6) is -0.587. The molecule has 7 heteroatoms. The molecule has 0 spiro atoms. The van der Waals surface area contributed by atoms with Crippen LogP contribution >= 0.6 is 0 Å². The van der Waals surface area contributed by atoms with Gasteiger partial charge < -0.3 is 25.9 Å². The first kappa shape index (κ1) is 16.5. The molecule has 112 valence electrons. The molecule has 0 saturated carbocycles. The number of nitrogens with one attached hydrogen (secondary N) is 1. The lowest BCUT2D eigenvalue weighted by Gasteiger charge is -2.33. The first-order valence-electron chi connectivity index (χ1n) is 6.45. The Morgan fingerprint density at radius 2 is 2.15 bits per heavy atom. The van der Waals surface area contributed by atoms with E-state index >= 15 is 0 Å².